The van der Waals surface area contributed by atoms with E-state index in [4.69, 9.17) is 9.52 Å². The third-order valence-corrected chi connectivity index (χ3v) is 6.51. The number of thiophene rings is 1. The summed E-state index contributed by atoms with van der Waals surface area (Å²) < 4.78 is 8.73. The molecule has 5 rings (SSSR count). The van der Waals surface area contributed by atoms with Crippen LogP contribution < -0.4 is 11.1 Å². The molecule has 0 saturated heterocycles. The first kappa shape index (κ1) is 23.5. The van der Waals surface area contributed by atoms with E-state index in [1.54, 1.807) is 40.2 Å². The molecule has 0 unspecified atom stereocenters. The zero-order chi connectivity index (χ0) is 25.1. The number of hydrogen-bond donors (Lipinski definition) is 1. The maximum atomic E-state index is 12.8. The molecule has 3 heterocycles. The molecule has 1 N–H and O–H groups in total. The maximum Gasteiger partial charge on any atom is 0.419 e. The van der Waals surface area contributed by atoms with Crippen molar-refractivity contribution in [1.82, 2.24) is 19.2 Å². The number of carbonyl (C=O) groups is 1. The van der Waals surface area contributed by atoms with E-state index in [-0.39, 0.29) is 5.91 Å². The summed E-state index contributed by atoms with van der Waals surface area (Å²) in [6.07, 6.45) is 5.16. The van der Waals surface area contributed by atoms with Crippen LogP contribution in [0, 0.1) is 0 Å². The number of oxazole rings is 1. The molecular formula is C27H25N5O3S. The molecule has 9 heteroatoms. The van der Waals surface area contributed by atoms with Crippen molar-refractivity contribution in [1.29, 1.82) is 0 Å². The van der Waals surface area contributed by atoms with Crippen molar-refractivity contribution in [2.45, 2.75) is 6.54 Å². The first-order chi connectivity index (χ1) is 17.5. The number of amides is 1. The van der Waals surface area contributed by atoms with Gasteiger partial charge in [-0.25, -0.2) is 9.48 Å². The lowest BCUT2D eigenvalue weighted by Gasteiger charge is -2.09. The van der Waals surface area contributed by atoms with Crippen LogP contribution in [0.4, 0.5) is 5.69 Å². The fourth-order valence-corrected chi connectivity index (χ4v) is 4.56. The van der Waals surface area contributed by atoms with Crippen LogP contribution in [0.1, 0.15) is 5.56 Å². The number of nitrogens with zero attached hydrogens (tertiary/aromatic N) is 4. The summed E-state index contributed by atoms with van der Waals surface area (Å²) >= 11 is 1.60. The van der Waals surface area contributed by atoms with Crippen LogP contribution in [0.3, 0.4) is 0 Å². The normalized spacial score (nSPS) is 11.6. The lowest BCUT2D eigenvalue weighted by Crippen LogP contribution is -2.23. The van der Waals surface area contributed by atoms with E-state index in [1.807, 2.05) is 77.7 Å². The summed E-state index contributed by atoms with van der Waals surface area (Å²) in [5, 5.41) is 9.64. The number of benzene rings is 2. The van der Waals surface area contributed by atoms with Gasteiger partial charge < -0.3 is 14.6 Å². The van der Waals surface area contributed by atoms with Crippen LogP contribution >= 0.6 is 11.3 Å². The Morgan fingerprint density at radius 3 is 2.72 bits per heavy atom. The van der Waals surface area contributed by atoms with E-state index in [2.05, 4.69) is 5.32 Å². The van der Waals surface area contributed by atoms with Crippen molar-refractivity contribution in [2.75, 3.05) is 26.0 Å². The second-order valence-electron chi connectivity index (χ2n) is 8.52. The van der Waals surface area contributed by atoms with Gasteiger partial charge in [0.25, 0.3) is 0 Å². The first-order valence-electron chi connectivity index (χ1n) is 11.4. The van der Waals surface area contributed by atoms with Gasteiger partial charge in [0, 0.05) is 36.6 Å². The van der Waals surface area contributed by atoms with Gasteiger partial charge >= 0.3 is 5.76 Å². The molecule has 36 heavy (non-hydrogen) atoms. The lowest BCUT2D eigenvalue weighted by atomic mass is 10.2. The minimum absolute atomic E-state index is 0.287. The molecule has 0 atom stereocenters. The van der Waals surface area contributed by atoms with Crippen molar-refractivity contribution >= 4 is 40.1 Å². The van der Waals surface area contributed by atoms with Gasteiger partial charge in [-0.3, -0.25) is 9.36 Å². The Labute approximate surface area is 211 Å². The Balaban J connectivity index is 1.38. The van der Waals surface area contributed by atoms with Crippen LogP contribution in [0.25, 0.3) is 33.4 Å². The highest BCUT2D eigenvalue weighted by Gasteiger charge is 2.13. The molecule has 5 aromatic rings. The Bertz CT molecular complexity index is 1580. The highest BCUT2D eigenvalue weighted by atomic mass is 32.1. The Morgan fingerprint density at radius 2 is 1.97 bits per heavy atom. The maximum absolute atomic E-state index is 12.8. The Kier molecular flexibility index (Phi) is 6.66. The van der Waals surface area contributed by atoms with Gasteiger partial charge in [-0.05, 0) is 61.9 Å². The molecule has 0 spiro atoms. The van der Waals surface area contributed by atoms with E-state index in [9.17, 15) is 9.59 Å². The van der Waals surface area contributed by atoms with E-state index in [0.717, 1.165) is 21.8 Å². The number of para-hydroxylation sites is 1. The summed E-state index contributed by atoms with van der Waals surface area (Å²) in [5.74, 6) is -0.698. The van der Waals surface area contributed by atoms with E-state index in [1.165, 1.54) is 6.08 Å². The number of hydrogen-bond acceptors (Lipinski definition) is 6. The predicted molar refractivity (Wildman–Crippen MR) is 144 cm³/mol. The van der Waals surface area contributed by atoms with Crippen LogP contribution in [-0.2, 0) is 11.3 Å². The topological polar surface area (TPSA) is 85.3 Å². The monoisotopic (exact) mass is 499 g/mol. The van der Waals surface area contributed by atoms with Crippen molar-refractivity contribution in [3.63, 3.8) is 0 Å². The molecule has 2 aromatic carbocycles. The van der Waals surface area contributed by atoms with Gasteiger partial charge in [-0.1, -0.05) is 24.3 Å². The van der Waals surface area contributed by atoms with E-state index in [0.29, 0.717) is 29.9 Å². The molecule has 3 aromatic heterocycles. The smallest absolute Gasteiger partial charge is 0.408 e. The summed E-state index contributed by atoms with van der Waals surface area (Å²) in [7, 11) is 3.89. The third-order valence-electron chi connectivity index (χ3n) is 5.64. The van der Waals surface area contributed by atoms with Gasteiger partial charge in [0.1, 0.15) is 5.69 Å². The number of carbonyl (C=O) groups excluding carboxylic acids is 1. The lowest BCUT2D eigenvalue weighted by molar-refractivity contribution is -0.111. The molecule has 0 aliphatic heterocycles. The fraction of sp³-hybridized carbons (Fsp3) is 0.148. The average Bonchev–Trinajstić information content (AvgIpc) is 3.60. The van der Waals surface area contributed by atoms with Crippen LogP contribution in [0.2, 0.25) is 0 Å². The minimum atomic E-state index is -0.410. The standard InChI is InChI=1S/C27H25N5O3S/c1-30(2)14-15-31-22-17-20(11-12-23(22)35-27(31)34)28-25(33)13-10-19-18-32(21-7-4-3-5-8-21)29-26(19)24-9-6-16-36-24/h3-13,16-18H,14-15H2,1-2H3,(H,28,33)/b13-10+. The molecular weight excluding hydrogens is 474 g/mol. The van der Waals surface area contributed by atoms with Crippen LogP contribution in [-0.4, -0.2) is 45.8 Å². The number of likely N-dealkylation sites (N-methyl/N-ethyl adjacent to an activating group) is 1. The quantitative estimate of drug-likeness (QED) is 0.312. The van der Waals surface area contributed by atoms with E-state index < -0.39 is 5.76 Å². The molecule has 0 fully saturated rings. The second kappa shape index (κ2) is 10.2. The highest BCUT2D eigenvalue weighted by molar-refractivity contribution is 7.13. The average molecular weight is 500 g/mol. The van der Waals surface area contributed by atoms with Gasteiger partial charge in [0.05, 0.1) is 16.1 Å². The summed E-state index contributed by atoms with van der Waals surface area (Å²) in [6, 6.07) is 19.0. The summed E-state index contributed by atoms with van der Waals surface area (Å²) in [4.78, 5) is 28.0. The molecule has 0 radical (unpaired) electrons. The number of aromatic nitrogens is 3. The van der Waals surface area contributed by atoms with Crippen LogP contribution in [0.15, 0.2) is 87.5 Å². The number of nitrogens with one attached hydrogen (secondary N) is 1. The number of anilines is 1. The predicted octanol–water partition coefficient (Wildman–Crippen LogP) is 4.72. The van der Waals surface area contributed by atoms with Gasteiger partial charge in [-0.15, -0.1) is 11.3 Å². The number of rotatable bonds is 8. The van der Waals surface area contributed by atoms with Crippen molar-refractivity contribution in [2.24, 2.45) is 0 Å². The molecule has 8 nitrogen and oxygen atoms in total. The SMILES string of the molecule is CN(C)CCn1c(=O)oc2ccc(NC(=O)/C=C/c3cn(-c4ccccc4)nc3-c3cccs3)cc21. The highest BCUT2D eigenvalue weighted by Crippen LogP contribution is 2.28. The van der Waals surface area contributed by atoms with E-state index >= 15 is 0 Å². The van der Waals surface area contributed by atoms with Crippen LogP contribution in [0.5, 0.6) is 0 Å². The minimum Gasteiger partial charge on any atom is -0.408 e. The Morgan fingerprint density at radius 1 is 1.14 bits per heavy atom. The molecule has 0 bridgehead atoms. The van der Waals surface area contributed by atoms with Crippen molar-refractivity contribution in [3.8, 4) is 16.3 Å². The molecule has 182 valence electrons. The van der Waals surface area contributed by atoms with Gasteiger partial charge in [0.15, 0.2) is 5.58 Å². The fourth-order valence-electron chi connectivity index (χ4n) is 3.83. The summed E-state index contributed by atoms with van der Waals surface area (Å²) in [5.41, 5.74) is 4.29. The Hall–Kier alpha value is -4.21. The van der Waals surface area contributed by atoms with Gasteiger partial charge in [0.2, 0.25) is 5.91 Å². The zero-order valence-electron chi connectivity index (χ0n) is 19.9. The number of fused-ring (bicyclic) bond motifs is 1. The molecule has 0 aliphatic rings. The van der Waals surface area contributed by atoms with Gasteiger partial charge in [-0.2, -0.15) is 5.10 Å². The summed E-state index contributed by atoms with van der Waals surface area (Å²) in [6.45, 7) is 1.18. The molecule has 1 amide bonds. The van der Waals surface area contributed by atoms with Crippen molar-refractivity contribution in [3.05, 3.63) is 94.4 Å². The third kappa shape index (κ3) is 5.07. The second-order valence-corrected chi connectivity index (χ2v) is 9.47. The van der Waals surface area contributed by atoms with Crippen molar-refractivity contribution < 1.29 is 9.21 Å². The zero-order valence-corrected chi connectivity index (χ0v) is 20.7. The largest absolute Gasteiger partial charge is 0.419 e. The molecule has 0 aliphatic carbocycles. The first-order valence-corrected chi connectivity index (χ1v) is 12.3. The molecule has 0 saturated carbocycles.